The minimum Gasteiger partial charge on any atom is -0.366 e. The summed E-state index contributed by atoms with van der Waals surface area (Å²) >= 11 is 0. The van der Waals surface area contributed by atoms with E-state index in [-0.39, 0.29) is 5.84 Å². The number of ether oxygens (including phenoxy) is 1. The molecule has 0 aromatic heterocycles. The van der Waals surface area contributed by atoms with Crippen LogP contribution in [0.3, 0.4) is 0 Å². The normalized spacial score (nSPS) is 11.4. The first kappa shape index (κ1) is 11.8. The second-order valence-corrected chi connectivity index (χ2v) is 2.26. The van der Waals surface area contributed by atoms with Gasteiger partial charge in [-0.2, -0.15) is 0 Å². The maximum absolute atomic E-state index is 9.88. The highest BCUT2D eigenvalue weighted by molar-refractivity contribution is 5.78. The van der Waals surface area contributed by atoms with Crippen LogP contribution in [0.2, 0.25) is 0 Å². The Balaban J connectivity index is 3.37. The fourth-order valence-corrected chi connectivity index (χ4v) is 0.636. The molecule has 2 N–H and O–H groups in total. The lowest BCUT2D eigenvalue weighted by molar-refractivity contribution is -0.485. The molecule has 0 unspecified atom stereocenters. The maximum Gasteiger partial charge on any atom is 0.192 e. The van der Waals surface area contributed by atoms with Gasteiger partial charge in [0.25, 0.3) is 0 Å². The lowest BCUT2D eigenvalue weighted by Crippen LogP contribution is -2.27. The van der Waals surface area contributed by atoms with E-state index in [9.17, 15) is 10.1 Å². The zero-order valence-corrected chi connectivity index (χ0v) is 7.74. The summed E-state index contributed by atoms with van der Waals surface area (Å²) in [5, 5.41) is 17.7. The highest BCUT2D eigenvalue weighted by Gasteiger charge is 1.95. The van der Waals surface area contributed by atoms with E-state index in [0.717, 1.165) is 0 Å². The Labute approximate surface area is 76.3 Å². The first-order valence-electron chi connectivity index (χ1n) is 3.82. The lowest BCUT2D eigenvalue weighted by atomic mass is 10.6. The molecule has 0 aromatic carbocycles. The molecule has 0 saturated heterocycles. The van der Waals surface area contributed by atoms with Gasteiger partial charge >= 0.3 is 0 Å². The molecule has 0 aliphatic rings. The van der Waals surface area contributed by atoms with Gasteiger partial charge in [-0.15, -0.1) is 0 Å². The van der Waals surface area contributed by atoms with Crippen molar-refractivity contribution in [2.45, 2.75) is 6.92 Å². The molecule has 0 heterocycles. The molecule has 0 spiro atoms. The first-order chi connectivity index (χ1) is 6.16. The fourth-order valence-electron chi connectivity index (χ4n) is 0.636. The molecule has 0 amide bonds. The number of hydrogen-bond acceptors (Lipinski definition) is 4. The summed E-state index contributed by atoms with van der Waals surface area (Å²) in [6, 6.07) is 0. The van der Waals surface area contributed by atoms with Crippen LogP contribution in [0.1, 0.15) is 6.92 Å². The standard InChI is InChI=1S/C6H14N4O3/c1-6(9-10(11)12)8-3-4-13-5-7-2/h7H,3-5H2,1-2H3,(H,8,9). The van der Waals surface area contributed by atoms with E-state index in [0.29, 0.717) is 19.9 Å². The lowest BCUT2D eigenvalue weighted by Gasteiger charge is -2.03. The number of hydrogen-bond donors (Lipinski definition) is 2. The number of hydrazone groups is 1. The molecule has 76 valence electrons. The third-order valence-electron chi connectivity index (χ3n) is 1.11. The van der Waals surface area contributed by atoms with Crippen molar-refractivity contribution in [2.75, 3.05) is 26.9 Å². The molecular weight excluding hydrogens is 176 g/mol. The van der Waals surface area contributed by atoms with Crippen LogP contribution in [-0.2, 0) is 4.74 Å². The number of amidine groups is 1. The zero-order chi connectivity index (χ0) is 10.1. The van der Waals surface area contributed by atoms with E-state index in [1.54, 1.807) is 7.05 Å². The van der Waals surface area contributed by atoms with Crippen molar-refractivity contribution in [2.24, 2.45) is 5.10 Å². The van der Waals surface area contributed by atoms with Gasteiger partial charge in [0.1, 0.15) is 0 Å². The van der Waals surface area contributed by atoms with Gasteiger partial charge in [0, 0.05) is 6.54 Å². The molecule has 0 atom stereocenters. The summed E-state index contributed by atoms with van der Waals surface area (Å²) in [5.41, 5.74) is 0. The van der Waals surface area contributed by atoms with Crippen LogP contribution in [0, 0.1) is 10.1 Å². The van der Waals surface area contributed by atoms with Gasteiger partial charge in [-0.3, -0.25) is 5.32 Å². The molecule has 7 heteroatoms. The van der Waals surface area contributed by atoms with Crippen molar-refractivity contribution in [3.8, 4) is 0 Å². The molecule has 7 nitrogen and oxygen atoms in total. The van der Waals surface area contributed by atoms with Crippen LogP contribution in [-0.4, -0.2) is 37.8 Å². The number of nitrogens with one attached hydrogen (secondary N) is 2. The Kier molecular flexibility index (Phi) is 6.75. The Bertz CT molecular complexity index is 183. The van der Waals surface area contributed by atoms with Gasteiger partial charge in [-0.25, -0.2) is 10.1 Å². The summed E-state index contributed by atoms with van der Waals surface area (Å²) in [7, 11) is 1.77. The molecule has 0 bridgehead atoms. The number of rotatable bonds is 6. The second kappa shape index (κ2) is 7.44. The Morgan fingerprint density at radius 2 is 2.38 bits per heavy atom. The van der Waals surface area contributed by atoms with Crippen molar-refractivity contribution in [3.63, 3.8) is 0 Å². The quantitative estimate of drug-likeness (QED) is 0.145. The van der Waals surface area contributed by atoms with Crippen LogP contribution in [0.15, 0.2) is 5.10 Å². The van der Waals surface area contributed by atoms with E-state index in [1.165, 1.54) is 6.92 Å². The number of nitro groups is 1. The largest absolute Gasteiger partial charge is 0.366 e. The van der Waals surface area contributed by atoms with Crippen LogP contribution >= 0.6 is 0 Å². The molecule has 0 aromatic rings. The van der Waals surface area contributed by atoms with Gasteiger partial charge in [-0.1, -0.05) is 0 Å². The molecule has 0 aliphatic heterocycles. The maximum atomic E-state index is 9.88. The summed E-state index contributed by atoms with van der Waals surface area (Å²) in [5.74, 6) is 0.276. The second-order valence-electron chi connectivity index (χ2n) is 2.26. The van der Waals surface area contributed by atoms with Crippen molar-refractivity contribution >= 4 is 5.84 Å². The van der Waals surface area contributed by atoms with Crippen molar-refractivity contribution in [1.82, 2.24) is 10.6 Å². The summed E-state index contributed by atoms with van der Waals surface area (Å²) < 4.78 is 5.04. The van der Waals surface area contributed by atoms with Gasteiger partial charge in [0.05, 0.1) is 18.4 Å². The van der Waals surface area contributed by atoms with Crippen LogP contribution in [0.4, 0.5) is 0 Å². The van der Waals surface area contributed by atoms with E-state index in [4.69, 9.17) is 4.74 Å². The smallest absolute Gasteiger partial charge is 0.192 e. The average Bonchev–Trinajstić information content (AvgIpc) is 2.02. The van der Waals surface area contributed by atoms with Crippen molar-refractivity contribution in [1.29, 1.82) is 0 Å². The van der Waals surface area contributed by atoms with Gasteiger partial charge in [-0.05, 0) is 14.0 Å². The Morgan fingerprint density at radius 1 is 1.69 bits per heavy atom. The SMILES string of the molecule is CNCOCCN/C(C)=N\[N+](=O)[O-]. The topological polar surface area (TPSA) is 88.8 Å². The minimum atomic E-state index is -0.739. The molecule has 0 saturated carbocycles. The fraction of sp³-hybridized carbons (Fsp3) is 0.833. The van der Waals surface area contributed by atoms with E-state index in [1.807, 2.05) is 0 Å². The summed E-state index contributed by atoms with van der Waals surface area (Å²) in [6.45, 7) is 2.98. The highest BCUT2D eigenvalue weighted by Crippen LogP contribution is 1.75. The number of nitrogens with zero attached hydrogens (tertiary/aromatic N) is 2. The molecule has 0 fully saturated rings. The van der Waals surface area contributed by atoms with Crippen molar-refractivity contribution in [3.05, 3.63) is 10.1 Å². The van der Waals surface area contributed by atoms with Crippen LogP contribution < -0.4 is 10.6 Å². The first-order valence-corrected chi connectivity index (χ1v) is 3.82. The minimum absolute atomic E-state index is 0.276. The van der Waals surface area contributed by atoms with E-state index in [2.05, 4.69) is 15.7 Å². The van der Waals surface area contributed by atoms with Crippen molar-refractivity contribution < 1.29 is 9.77 Å². The van der Waals surface area contributed by atoms with Crippen LogP contribution in [0.5, 0.6) is 0 Å². The van der Waals surface area contributed by atoms with Gasteiger partial charge in [0.15, 0.2) is 10.9 Å². The molecular formula is C6H14N4O3. The van der Waals surface area contributed by atoms with Gasteiger partial charge < -0.3 is 10.1 Å². The molecule has 0 aliphatic carbocycles. The average molecular weight is 190 g/mol. The summed E-state index contributed by atoms with van der Waals surface area (Å²) in [4.78, 5) is 9.88. The predicted molar refractivity (Wildman–Crippen MR) is 48.0 cm³/mol. The monoisotopic (exact) mass is 190 g/mol. The Hall–Kier alpha value is -1.21. The van der Waals surface area contributed by atoms with Gasteiger partial charge in [0.2, 0.25) is 0 Å². The molecule has 0 radical (unpaired) electrons. The van der Waals surface area contributed by atoms with Crippen LogP contribution in [0.25, 0.3) is 0 Å². The third kappa shape index (κ3) is 8.70. The predicted octanol–water partition coefficient (Wildman–Crippen LogP) is -0.620. The molecule has 0 rings (SSSR count). The molecule has 13 heavy (non-hydrogen) atoms. The highest BCUT2D eigenvalue weighted by atomic mass is 16.7. The van der Waals surface area contributed by atoms with E-state index < -0.39 is 5.03 Å². The Morgan fingerprint density at radius 3 is 2.92 bits per heavy atom. The van der Waals surface area contributed by atoms with E-state index >= 15 is 0 Å². The summed E-state index contributed by atoms with van der Waals surface area (Å²) in [6.07, 6.45) is 0. The zero-order valence-electron chi connectivity index (χ0n) is 7.74. The third-order valence-corrected chi connectivity index (χ3v) is 1.11.